The number of benzene rings is 2. The van der Waals surface area contributed by atoms with Crippen molar-refractivity contribution in [3.63, 3.8) is 0 Å². The van der Waals surface area contributed by atoms with Crippen LogP contribution in [0.1, 0.15) is 37.3 Å². The molecule has 1 aliphatic carbocycles. The Labute approximate surface area is 181 Å². The lowest BCUT2D eigenvalue weighted by molar-refractivity contribution is -0.131. The van der Waals surface area contributed by atoms with Crippen LogP contribution in [-0.4, -0.2) is 41.8 Å². The first kappa shape index (κ1) is 22.1. The Hall–Kier alpha value is -3.61. The molecule has 31 heavy (non-hydrogen) atoms. The Kier molecular flexibility index (Phi) is 6.74. The zero-order valence-electron chi connectivity index (χ0n) is 17.6. The van der Waals surface area contributed by atoms with Gasteiger partial charge in [0.2, 0.25) is 5.91 Å². The van der Waals surface area contributed by atoms with Crippen molar-refractivity contribution < 1.29 is 24.2 Å². The smallest absolute Gasteiger partial charge is 0.408 e. The number of hydrogen-bond acceptors (Lipinski definition) is 4. The quantitative estimate of drug-likeness (QED) is 0.565. The van der Waals surface area contributed by atoms with Gasteiger partial charge in [-0.2, -0.15) is 0 Å². The monoisotopic (exact) mass is 422 g/mol. The van der Waals surface area contributed by atoms with Gasteiger partial charge in [0.25, 0.3) is 0 Å². The predicted octanol–water partition coefficient (Wildman–Crippen LogP) is 3.45. The maximum absolute atomic E-state index is 12.5. The molecule has 0 saturated carbocycles. The van der Waals surface area contributed by atoms with Gasteiger partial charge in [-0.15, -0.1) is 0 Å². The third-order valence-electron chi connectivity index (χ3n) is 5.57. The molecule has 1 unspecified atom stereocenters. The minimum absolute atomic E-state index is 0.0487. The van der Waals surface area contributed by atoms with Gasteiger partial charge in [0, 0.05) is 18.5 Å². The van der Waals surface area contributed by atoms with Gasteiger partial charge in [-0.25, -0.2) is 9.59 Å². The van der Waals surface area contributed by atoms with E-state index in [0.29, 0.717) is 6.42 Å². The van der Waals surface area contributed by atoms with Gasteiger partial charge in [0.1, 0.15) is 12.1 Å². The maximum Gasteiger partial charge on any atom is 0.408 e. The van der Waals surface area contributed by atoms with Crippen molar-refractivity contribution in [1.29, 1.82) is 0 Å². The van der Waals surface area contributed by atoms with Crippen LogP contribution in [0.5, 0.6) is 0 Å². The summed E-state index contributed by atoms with van der Waals surface area (Å²) in [6.07, 6.45) is 1.93. The fourth-order valence-corrected chi connectivity index (χ4v) is 3.67. The van der Waals surface area contributed by atoms with Crippen molar-refractivity contribution in [1.82, 2.24) is 10.6 Å². The van der Waals surface area contributed by atoms with Crippen LogP contribution in [0.4, 0.5) is 4.79 Å². The van der Waals surface area contributed by atoms with Crippen LogP contribution in [0.2, 0.25) is 0 Å². The van der Waals surface area contributed by atoms with Crippen molar-refractivity contribution in [2.45, 2.75) is 31.7 Å². The van der Waals surface area contributed by atoms with Gasteiger partial charge in [0.05, 0.1) is 0 Å². The second-order valence-electron chi connectivity index (χ2n) is 7.59. The number of hydrogen-bond donors (Lipinski definition) is 3. The number of ether oxygens (including phenoxy) is 1. The van der Waals surface area contributed by atoms with Crippen molar-refractivity contribution in [3.05, 3.63) is 71.8 Å². The first-order chi connectivity index (χ1) is 14.9. The highest BCUT2D eigenvalue weighted by Gasteiger charge is 2.34. The second kappa shape index (κ2) is 9.47. The summed E-state index contributed by atoms with van der Waals surface area (Å²) < 4.78 is 5.52. The van der Waals surface area contributed by atoms with Crippen molar-refractivity contribution in [2.75, 3.05) is 13.2 Å². The third-order valence-corrected chi connectivity index (χ3v) is 5.57. The molecular formula is C24H26N2O5. The van der Waals surface area contributed by atoms with Gasteiger partial charge in [-0.1, -0.05) is 61.5 Å². The van der Waals surface area contributed by atoms with Gasteiger partial charge >= 0.3 is 12.1 Å². The normalized spacial score (nSPS) is 14.4. The molecule has 0 bridgehead atoms. The highest BCUT2D eigenvalue weighted by molar-refractivity contribution is 5.89. The van der Waals surface area contributed by atoms with E-state index in [0.717, 1.165) is 28.3 Å². The van der Waals surface area contributed by atoms with E-state index in [1.165, 1.54) is 6.08 Å². The summed E-state index contributed by atoms with van der Waals surface area (Å²) in [5.41, 5.74) is 3.31. The molecule has 0 radical (unpaired) electrons. The van der Waals surface area contributed by atoms with Crippen molar-refractivity contribution >= 4 is 18.0 Å². The van der Waals surface area contributed by atoms with E-state index in [1.807, 2.05) is 36.4 Å². The molecule has 0 heterocycles. The van der Waals surface area contributed by atoms with E-state index in [1.54, 1.807) is 13.8 Å². The molecule has 1 aliphatic rings. The number of rotatable bonds is 8. The largest absolute Gasteiger partial charge is 0.478 e. The number of alkyl carbamates (subject to hydrolysis) is 1. The van der Waals surface area contributed by atoms with Crippen molar-refractivity contribution in [2.24, 2.45) is 0 Å². The lowest BCUT2D eigenvalue weighted by Crippen LogP contribution is -2.56. The fourth-order valence-electron chi connectivity index (χ4n) is 3.67. The highest BCUT2D eigenvalue weighted by Crippen LogP contribution is 2.44. The SMILES string of the molecule is CCC(C)(NC(=O)OCC1c2ccccc2-c2ccccc21)C(=O)NC/C=C/C(=O)O. The van der Waals surface area contributed by atoms with Crippen LogP contribution in [0, 0.1) is 0 Å². The predicted molar refractivity (Wildman–Crippen MR) is 117 cm³/mol. The molecular weight excluding hydrogens is 396 g/mol. The average molecular weight is 422 g/mol. The first-order valence-corrected chi connectivity index (χ1v) is 10.2. The maximum atomic E-state index is 12.5. The highest BCUT2D eigenvalue weighted by atomic mass is 16.5. The molecule has 2 aromatic rings. The Balaban J connectivity index is 1.62. The number of amides is 2. The van der Waals surface area contributed by atoms with Gasteiger partial charge in [-0.3, -0.25) is 4.79 Å². The van der Waals surface area contributed by atoms with E-state index in [-0.39, 0.29) is 19.1 Å². The molecule has 2 amide bonds. The molecule has 3 rings (SSSR count). The minimum atomic E-state index is -1.18. The lowest BCUT2D eigenvalue weighted by Gasteiger charge is -2.28. The van der Waals surface area contributed by atoms with Crippen LogP contribution in [-0.2, 0) is 14.3 Å². The topological polar surface area (TPSA) is 105 Å². The number of aliphatic carboxylic acids is 1. The van der Waals surface area contributed by atoms with Crippen LogP contribution >= 0.6 is 0 Å². The molecule has 1 atom stereocenters. The first-order valence-electron chi connectivity index (χ1n) is 10.2. The van der Waals surface area contributed by atoms with Crippen LogP contribution < -0.4 is 10.6 Å². The molecule has 3 N–H and O–H groups in total. The molecule has 0 saturated heterocycles. The molecule has 2 aromatic carbocycles. The third kappa shape index (κ3) is 4.94. The van der Waals surface area contributed by atoms with E-state index in [2.05, 4.69) is 22.8 Å². The van der Waals surface area contributed by atoms with Crippen LogP contribution in [0.25, 0.3) is 11.1 Å². The summed E-state index contributed by atoms with van der Waals surface area (Å²) >= 11 is 0. The zero-order valence-corrected chi connectivity index (χ0v) is 17.6. The van der Waals surface area contributed by atoms with Gasteiger partial charge in [-0.05, 0) is 35.6 Å². The van der Waals surface area contributed by atoms with Crippen molar-refractivity contribution in [3.8, 4) is 11.1 Å². The Morgan fingerprint density at radius 2 is 1.65 bits per heavy atom. The summed E-state index contributed by atoms with van der Waals surface area (Å²) in [5, 5.41) is 13.9. The molecule has 0 aromatic heterocycles. The van der Waals surface area contributed by atoms with Gasteiger partial charge < -0.3 is 20.5 Å². The minimum Gasteiger partial charge on any atom is -0.478 e. The number of carboxylic acid groups (broad SMARTS) is 1. The number of carbonyl (C=O) groups excluding carboxylic acids is 2. The molecule has 0 spiro atoms. The molecule has 162 valence electrons. The van der Waals surface area contributed by atoms with Crippen LogP contribution in [0.15, 0.2) is 60.7 Å². The van der Waals surface area contributed by atoms with Gasteiger partial charge in [0.15, 0.2) is 0 Å². The van der Waals surface area contributed by atoms with E-state index in [9.17, 15) is 14.4 Å². The Morgan fingerprint density at radius 1 is 1.06 bits per heavy atom. The molecule has 7 nitrogen and oxygen atoms in total. The molecule has 0 aliphatic heterocycles. The molecule has 0 fully saturated rings. The summed E-state index contributed by atoms with van der Waals surface area (Å²) in [6, 6.07) is 16.1. The summed E-state index contributed by atoms with van der Waals surface area (Å²) in [5.74, 6) is -1.58. The average Bonchev–Trinajstić information content (AvgIpc) is 3.08. The Morgan fingerprint density at radius 3 is 2.19 bits per heavy atom. The summed E-state index contributed by atoms with van der Waals surface area (Å²) in [6.45, 7) is 3.58. The van der Waals surface area contributed by atoms with Crippen LogP contribution in [0.3, 0.4) is 0 Å². The number of nitrogens with one attached hydrogen (secondary N) is 2. The van der Waals surface area contributed by atoms with E-state index in [4.69, 9.17) is 9.84 Å². The summed E-state index contributed by atoms with van der Waals surface area (Å²) in [7, 11) is 0. The molecule has 7 heteroatoms. The number of carboxylic acids is 1. The van der Waals surface area contributed by atoms with E-state index < -0.39 is 23.5 Å². The number of carbonyl (C=O) groups is 3. The lowest BCUT2D eigenvalue weighted by atomic mass is 9.97. The number of fused-ring (bicyclic) bond motifs is 3. The summed E-state index contributed by atoms with van der Waals surface area (Å²) in [4.78, 5) is 35.5. The van der Waals surface area contributed by atoms with E-state index >= 15 is 0 Å². The standard InChI is InChI=1S/C24H26N2O5/c1-3-24(2,22(29)25-14-8-13-21(27)28)26-23(30)31-15-20-18-11-6-4-9-16(18)17-10-5-7-12-19(17)20/h4-13,20H,3,14-15H2,1-2H3,(H,25,29)(H,26,30)(H,27,28)/b13-8+. The Bertz CT molecular complexity index is 971. The zero-order chi connectivity index (χ0) is 22.4. The second-order valence-corrected chi connectivity index (χ2v) is 7.59. The fraction of sp³-hybridized carbons (Fsp3) is 0.292.